The zero-order valence-corrected chi connectivity index (χ0v) is 16.6. The van der Waals surface area contributed by atoms with E-state index in [2.05, 4.69) is 15.0 Å². The Morgan fingerprint density at radius 3 is 2.40 bits per heavy atom. The molecule has 5 aromatic rings. The van der Waals surface area contributed by atoms with Crippen LogP contribution in [0.5, 0.6) is 5.75 Å². The van der Waals surface area contributed by atoms with Crippen molar-refractivity contribution in [2.24, 2.45) is 0 Å². The molecule has 148 valence electrons. The number of ether oxygens (including phenoxy) is 1. The summed E-state index contributed by atoms with van der Waals surface area (Å²) in [4.78, 5) is 27.1. The van der Waals surface area contributed by atoms with E-state index in [1.807, 2.05) is 67.6 Å². The van der Waals surface area contributed by atoms with E-state index >= 15 is 0 Å². The maximum absolute atomic E-state index is 13.5. The van der Waals surface area contributed by atoms with Gasteiger partial charge in [0.05, 0.1) is 18.7 Å². The molecule has 0 bridgehead atoms. The molecule has 0 fully saturated rings. The number of aromatic nitrogens is 5. The third-order valence-corrected chi connectivity index (χ3v) is 5.30. The second kappa shape index (κ2) is 7.11. The van der Waals surface area contributed by atoms with Crippen molar-refractivity contribution in [3.63, 3.8) is 0 Å². The van der Waals surface area contributed by atoms with Gasteiger partial charge in [0.25, 0.3) is 0 Å². The van der Waals surface area contributed by atoms with Crippen molar-refractivity contribution < 1.29 is 4.74 Å². The number of imidazole rings is 1. The van der Waals surface area contributed by atoms with Crippen LogP contribution in [0.3, 0.4) is 0 Å². The van der Waals surface area contributed by atoms with Gasteiger partial charge in [0, 0.05) is 17.8 Å². The molecule has 0 aliphatic carbocycles. The van der Waals surface area contributed by atoms with Crippen LogP contribution in [0.25, 0.3) is 28.0 Å². The first-order chi connectivity index (χ1) is 14.7. The first kappa shape index (κ1) is 18.1. The van der Waals surface area contributed by atoms with E-state index in [0.29, 0.717) is 17.1 Å². The lowest BCUT2D eigenvalue weighted by molar-refractivity contribution is 0.414. The fraction of sp³-hybridized carbons (Fsp3) is 0.130. The maximum atomic E-state index is 13.5. The molecule has 0 amide bonds. The molecule has 7 heteroatoms. The average Bonchev–Trinajstić information content (AvgIpc) is 3.10. The van der Waals surface area contributed by atoms with E-state index in [4.69, 9.17) is 4.74 Å². The van der Waals surface area contributed by atoms with Crippen molar-refractivity contribution in [2.45, 2.75) is 13.0 Å². The minimum atomic E-state index is -0.246. The molecule has 0 aliphatic heterocycles. The Bertz CT molecular complexity index is 1420. The number of hydrogen-bond donors (Lipinski definition) is 0. The summed E-state index contributed by atoms with van der Waals surface area (Å²) < 4.78 is 8.42. The van der Waals surface area contributed by atoms with Gasteiger partial charge in [0.15, 0.2) is 11.3 Å². The number of para-hydroxylation sites is 1. The normalized spacial score (nSPS) is 12.3. The van der Waals surface area contributed by atoms with Crippen molar-refractivity contribution in [3.8, 4) is 11.6 Å². The lowest BCUT2D eigenvalue weighted by atomic mass is 10.1. The Balaban J connectivity index is 1.72. The lowest BCUT2D eigenvalue weighted by Crippen LogP contribution is -2.26. The molecule has 2 aromatic carbocycles. The van der Waals surface area contributed by atoms with Gasteiger partial charge in [-0.25, -0.2) is 24.3 Å². The Morgan fingerprint density at radius 1 is 0.900 bits per heavy atom. The molecule has 0 radical (unpaired) electrons. The Labute approximate surface area is 172 Å². The van der Waals surface area contributed by atoms with E-state index in [0.717, 1.165) is 22.2 Å². The van der Waals surface area contributed by atoms with E-state index < -0.39 is 0 Å². The summed E-state index contributed by atoms with van der Waals surface area (Å²) in [5.74, 6) is 1.28. The van der Waals surface area contributed by atoms with Gasteiger partial charge in [-0.3, -0.25) is 4.57 Å². The third kappa shape index (κ3) is 2.83. The highest BCUT2D eigenvalue weighted by Crippen LogP contribution is 2.24. The highest BCUT2D eigenvalue weighted by atomic mass is 16.5. The standard InChI is InChI=1S/C23H19N5O2/c1-15(16-7-10-18(30-2)11-8-16)27-21-22(25-14-13-24-21)28(23(27)29)20-12-9-17-5-3-4-6-19(17)26-20/h3-15H,1-2H3. The zero-order valence-electron chi connectivity index (χ0n) is 16.6. The molecule has 5 rings (SSSR count). The van der Waals surface area contributed by atoms with Gasteiger partial charge in [-0.2, -0.15) is 0 Å². The molecule has 3 heterocycles. The summed E-state index contributed by atoms with van der Waals surface area (Å²) >= 11 is 0. The van der Waals surface area contributed by atoms with Crippen LogP contribution in [0.1, 0.15) is 18.5 Å². The predicted octanol–water partition coefficient (Wildman–Crippen LogP) is 3.75. The summed E-state index contributed by atoms with van der Waals surface area (Å²) in [6, 6.07) is 19.0. The molecule has 0 spiro atoms. The molecule has 0 saturated carbocycles. The van der Waals surface area contributed by atoms with Crippen LogP contribution in [-0.2, 0) is 0 Å². The molecule has 30 heavy (non-hydrogen) atoms. The summed E-state index contributed by atoms with van der Waals surface area (Å²) in [6.07, 6.45) is 3.18. The maximum Gasteiger partial charge on any atom is 0.337 e. The zero-order chi connectivity index (χ0) is 20.7. The summed E-state index contributed by atoms with van der Waals surface area (Å²) in [7, 11) is 1.63. The van der Waals surface area contributed by atoms with Crippen molar-refractivity contribution in [2.75, 3.05) is 7.11 Å². The van der Waals surface area contributed by atoms with Crippen LogP contribution in [0, 0.1) is 0 Å². The number of pyridine rings is 1. The number of benzene rings is 2. The van der Waals surface area contributed by atoms with E-state index in [1.165, 1.54) is 4.57 Å². The van der Waals surface area contributed by atoms with Crippen LogP contribution in [0.15, 0.2) is 77.9 Å². The number of methoxy groups -OCH3 is 1. The highest BCUT2D eigenvalue weighted by Gasteiger charge is 2.22. The van der Waals surface area contributed by atoms with Crippen LogP contribution in [0.2, 0.25) is 0 Å². The van der Waals surface area contributed by atoms with E-state index in [1.54, 1.807) is 24.1 Å². The van der Waals surface area contributed by atoms with Crippen molar-refractivity contribution in [1.29, 1.82) is 0 Å². The van der Waals surface area contributed by atoms with Gasteiger partial charge in [-0.15, -0.1) is 0 Å². The number of rotatable bonds is 4. The minimum absolute atomic E-state index is 0.234. The Kier molecular flexibility index (Phi) is 4.28. The monoisotopic (exact) mass is 397 g/mol. The van der Waals surface area contributed by atoms with Crippen molar-refractivity contribution >= 4 is 22.2 Å². The molecule has 3 aromatic heterocycles. The van der Waals surface area contributed by atoms with Crippen LogP contribution in [-0.4, -0.2) is 31.2 Å². The minimum Gasteiger partial charge on any atom is -0.497 e. The number of nitrogens with zero attached hydrogens (tertiary/aromatic N) is 5. The smallest absolute Gasteiger partial charge is 0.337 e. The summed E-state index contributed by atoms with van der Waals surface area (Å²) in [6.45, 7) is 1.97. The molecule has 7 nitrogen and oxygen atoms in total. The fourth-order valence-electron chi connectivity index (χ4n) is 3.71. The van der Waals surface area contributed by atoms with Crippen molar-refractivity contribution in [3.05, 3.63) is 89.1 Å². The second-order valence-electron chi connectivity index (χ2n) is 7.00. The first-order valence-corrected chi connectivity index (χ1v) is 9.61. The lowest BCUT2D eigenvalue weighted by Gasteiger charge is -2.14. The third-order valence-electron chi connectivity index (χ3n) is 5.30. The van der Waals surface area contributed by atoms with Crippen LogP contribution < -0.4 is 10.4 Å². The SMILES string of the molecule is COc1ccc(C(C)n2c(=O)n(-c3ccc4ccccc4n3)c3nccnc32)cc1. The molecule has 1 unspecified atom stereocenters. The van der Waals surface area contributed by atoms with Gasteiger partial charge in [-0.1, -0.05) is 30.3 Å². The summed E-state index contributed by atoms with van der Waals surface area (Å²) in [5, 5.41) is 1.01. The van der Waals surface area contributed by atoms with Crippen LogP contribution >= 0.6 is 0 Å². The molecular formula is C23H19N5O2. The van der Waals surface area contributed by atoms with Crippen LogP contribution in [0.4, 0.5) is 0 Å². The average molecular weight is 397 g/mol. The van der Waals surface area contributed by atoms with Gasteiger partial charge in [0.2, 0.25) is 0 Å². The quantitative estimate of drug-likeness (QED) is 0.462. The Hall–Kier alpha value is -4.00. The topological polar surface area (TPSA) is 74.8 Å². The number of hydrogen-bond acceptors (Lipinski definition) is 5. The first-order valence-electron chi connectivity index (χ1n) is 9.61. The molecule has 0 N–H and O–H groups in total. The van der Waals surface area contributed by atoms with Crippen molar-refractivity contribution in [1.82, 2.24) is 24.1 Å². The summed E-state index contributed by atoms with van der Waals surface area (Å²) in [5.41, 5.74) is 2.54. The molecule has 1 atom stereocenters. The van der Waals surface area contributed by atoms with Gasteiger partial charge in [0.1, 0.15) is 11.6 Å². The van der Waals surface area contributed by atoms with Gasteiger partial charge in [-0.05, 0) is 42.8 Å². The van der Waals surface area contributed by atoms with Gasteiger partial charge < -0.3 is 4.74 Å². The molecular weight excluding hydrogens is 378 g/mol. The predicted molar refractivity (Wildman–Crippen MR) is 115 cm³/mol. The fourth-order valence-corrected chi connectivity index (χ4v) is 3.71. The van der Waals surface area contributed by atoms with E-state index in [-0.39, 0.29) is 11.7 Å². The largest absolute Gasteiger partial charge is 0.497 e. The second-order valence-corrected chi connectivity index (χ2v) is 7.00. The number of fused-ring (bicyclic) bond motifs is 2. The van der Waals surface area contributed by atoms with E-state index in [9.17, 15) is 4.79 Å². The van der Waals surface area contributed by atoms with Gasteiger partial charge >= 0.3 is 5.69 Å². The Morgan fingerprint density at radius 2 is 1.63 bits per heavy atom. The highest BCUT2D eigenvalue weighted by molar-refractivity contribution is 5.80. The molecule has 0 saturated heterocycles. The molecule has 0 aliphatic rings.